The minimum absolute atomic E-state index is 0.0572. The van der Waals surface area contributed by atoms with Gasteiger partial charge in [-0.25, -0.2) is 4.98 Å². The summed E-state index contributed by atoms with van der Waals surface area (Å²) < 4.78 is 0. The molecule has 0 aliphatic rings. The number of aryl methyl sites for hydroxylation is 1. The van der Waals surface area contributed by atoms with E-state index in [1.165, 1.54) is 0 Å². The normalized spacial score (nSPS) is 10.8. The van der Waals surface area contributed by atoms with Gasteiger partial charge in [-0.1, -0.05) is 42.5 Å². The number of aromatic nitrogens is 1. The lowest BCUT2D eigenvalue weighted by Crippen LogP contribution is -2.14. The average molecular weight is 404 g/mol. The van der Waals surface area contributed by atoms with Crippen LogP contribution in [-0.2, 0) is 6.42 Å². The highest BCUT2D eigenvalue weighted by Gasteiger charge is 2.22. The van der Waals surface area contributed by atoms with Crippen molar-refractivity contribution in [3.05, 3.63) is 93.7 Å². The van der Waals surface area contributed by atoms with Gasteiger partial charge in [-0.3, -0.25) is 14.9 Å². The molecule has 0 spiro atoms. The second-order valence-corrected chi connectivity index (χ2v) is 7.20. The van der Waals surface area contributed by atoms with Gasteiger partial charge in [-0.15, -0.1) is 0 Å². The molecule has 0 fully saturated rings. The van der Waals surface area contributed by atoms with Crippen molar-refractivity contribution in [1.82, 2.24) is 9.88 Å². The van der Waals surface area contributed by atoms with Crippen molar-refractivity contribution in [3.63, 3.8) is 0 Å². The lowest BCUT2D eigenvalue weighted by Gasteiger charge is -2.13. The Balaban J connectivity index is 1.93. The molecule has 30 heavy (non-hydrogen) atoms. The van der Waals surface area contributed by atoms with Gasteiger partial charge in [0.15, 0.2) is 5.78 Å². The van der Waals surface area contributed by atoms with E-state index in [2.05, 4.69) is 10.3 Å². The average Bonchev–Trinajstić information content (AvgIpc) is 2.74. The van der Waals surface area contributed by atoms with Gasteiger partial charge >= 0.3 is 5.69 Å². The van der Waals surface area contributed by atoms with E-state index in [1.807, 2.05) is 25.1 Å². The maximum atomic E-state index is 12.9. The molecule has 0 amide bonds. The standard InChI is InChI=1S/C23H24N4O3/c1-26(2)16-8-11-17-14-15-24-23(21(17)27(29)30)25-20-13-7-6-12-19(20)22(28)18-9-4-3-5-10-18/h3-7,9-10,12-15H,8,11,16H2,1-2H3,(H,24,25). The third-order valence-electron chi connectivity index (χ3n) is 4.70. The highest BCUT2D eigenvalue weighted by molar-refractivity contribution is 6.12. The molecule has 3 rings (SSSR count). The SMILES string of the molecule is CN(C)CCCc1ccnc(Nc2ccccc2C(=O)c2ccccc2)c1[N+](=O)[O-]. The van der Waals surface area contributed by atoms with Crippen LogP contribution in [0.25, 0.3) is 0 Å². The summed E-state index contributed by atoms with van der Waals surface area (Å²) in [6.45, 7) is 0.830. The molecule has 154 valence electrons. The molecular weight excluding hydrogens is 380 g/mol. The number of hydrogen-bond acceptors (Lipinski definition) is 6. The Morgan fingerprint density at radius 3 is 2.47 bits per heavy atom. The van der Waals surface area contributed by atoms with Crippen molar-refractivity contribution in [2.24, 2.45) is 0 Å². The van der Waals surface area contributed by atoms with Gasteiger partial charge < -0.3 is 10.2 Å². The lowest BCUT2D eigenvalue weighted by atomic mass is 10.0. The van der Waals surface area contributed by atoms with Crippen LogP contribution in [-0.4, -0.2) is 41.2 Å². The zero-order valence-corrected chi connectivity index (χ0v) is 17.0. The van der Waals surface area contributed by atoms with Crippen molar-refractivity contribution in [3.8, 4) is 0 Å². The summed E-state index contributed by atoms with van der Waals surface area (Å²) in [4.78, 5) is 30.6. The number of nitrogens with one attached hydrogen (secondary N) is 1. The van der Waals surface area contributed by atoms with E-state index in [9.17, 15) is 14.9 Å². The van der Waals surface area contributed by atoms with E-state index in [0.29, 0.717) is 28.8 Å². The summed E-state index contributed by atoms with van der Waals surface area (Å²) in [5.41, 5.74) is 2.02. The van der Waals surface area contributed by atoms with Crippen molar-refractivity contribution >= 4 is 23.0 Å². The van der Waals surface area contributed by atoms with E-state index in [-0.39, 0.29) is 17.3 Å². The fourth-order valence-electron chi connectivity index (χ4n) is 3.24. The molecule has 0 saturated carbocycles. The van der Waals surface area contributed by atoms with E-state index < -0.39 is 4.92 Å². The fourth-order valence-corrected chi connectivity index (χ4v) is 3.24. The van der Waals surface area contributed by atoms with Crippen molar-refractivity contribution in [1.29, 1.82) is 0 Å². The molecule has 0 atom stereocenters. The smallest absolute Gasteiger partial charge is 0.314 e. The predicted octanol–water partition coefficient (Wildman–Crippen LogP) is 4.46. The molecule has 1 heterocycles. The van der Waals surface area contributed by atoms with Crippen LogP contribution < -0.4 is 5.32 Å². The Hall–Kier alpha value is -3.58. The van der Waals surface area contributed by atoms with Crippen LogP contribution in [0.5, 0.6) is 0 Å². The quantitative estimate of drug-likeness (QED) is 0.322. The summed E-state index contributed by atoms with van der Waals surface area (Å²) in [6.07, 6.45) is 2.92. The van der Waals surface area contributed by atoms with E-state index >= 15 is 0 Å². The molecule has 0 aliphatic heterocycles. The van der Waals surface area contributed by atoms with Crippen molar-refractivity contribution < 1.29 is 9.72 Å². The van der Waals surface area contributed by atoms with Crippen molar-refractivity contribution in [2.45, 2.75) is 12.8 Å². The molecule has 2 aromatic carbocycles. The zero-order chi connectivity index (χ0) is 21.5. The Kier molecular flexibility index (Phi) is 6.87. The molecule has 0 unspecified atom stereocenters. The fraction of sp³-hybridized carbons (Fsp3) is 0.217. The molecule has 7 heteroatoms. The molecule has 3 aromatic rings. The predicted molar refractivity (Wildman–Crippen MR) is 117 cm³/mol. The molecule has 0 radical (unpaired) electrons. The van der Waals surface area contributed by atoms with Crippen LogP contribution in [0.4, 0.5) is 17.2 Å². The molecule has 0 saturated heterocycles. The Morgan fingerprint density at radius 1 is 1.07 bits per heavy atom. The summed E-state index contributed by atoms with van der Waals surface area (Å²) in [6, 6.07) is 17.6. The zero-order valence-electron chi connectivity index (χ0n) is 17.0. The highest BCUT2D eigenvalue weighted by Crippen LogP contribution is 2.31. The first-order valence-corrected chi connectivity index (χ1v) is 9.70. The third kappa shape index (κ3) is 5.07. The number of benzene rings is 2. The topological polar surface area (TPSA) is 88.4 Å². The van der Waals surface area contributed by atoms with Crippen LogP contribution in [0, 0.1) is 10.1 Å². The number of anilines is 2. The first-order chi connectivity index (χ1) is 14.5. The summed E-state index contributed by atoms with van der Waals surface area (Å²) in [5.74, 6) is -0.0286. The summed E-state index contributed by atoms with van der Waals surface area (Å²) >= 11 is 0. The van der Waals surface area contributed by atoms with Gasteiger partial charge in [-0.2, -0.15) is 0 Å². The number of rotatable bonds is 9. The third-order valence-corrected chi connectivity index (χ3v) is 4.70. The van der Waals surface area contributed by atoms with E-state index in [1.54, 1.807) is 60.8 Å². The van der Waals surface area contributed by atoms with Gasteiger partial charge in [0, 0.05) is 22.9 Å². The van der Waals surface area contributed by atoms with Crippen LogP contribution in [0.3, 0.4) is 0 Å². The van der Waals surface area contributed by atoms with Gasteiger partial charge in [0.05, 0.1) is 10.6 Å². The minimum atomic E-state index is -0.415. The molecule has 7 nitrogen and oxygen atoms in total. The second-order valence-electron chi connectivity index (χ2n) is 7.20. The van der Waals surface area contributed by atoms with Crippen molar-refractivity contribution in [2.75, 3.05) is 26.0 Å². The number of ketones is 1. The number of nitro groups is 1. The lowest BCUT2D eigenvalue weighted by molar-refractivity contribution is -0.384. The molecule has 0 aliphatic carbocycles. The largest absolute Gasteiger partial charge is 0.334 e. The monoisotopic (exact) mass is 404 g/mol. The number of pyridine rings is 1. The Bertz CT molecular complexity index is 1040. The number of hydrogen-bond donors (Lipinski definition) is 1. The van der Waals surface area contributed by atoms with E-state index in [4.69, 9.17) is 0 Å². The summed E-state index contributed by atoms with van der Waals surface area (Å²) in [7, 11) is 3.93. The number of carbonyl (C=O) groups excluding carboxylic acids is 1. The first-order valence-electron chi connectivity index (χ1n) is 9.70. The molecular formula is C23H24N4O3. The maximum absolute atomic E-state index is 12.9. The van der Waals surface area contributed by atoms with Gasteiger partial charge in [0.2, 0.25) is 5.82 Å². The van der Waals surface area contributed by atoms with E-state index in [0.717, 1.165) is 13.0 Å². The number of carbonyl (C=O) groups is 1. The Morgan fingerprint density at radius 2 is 1.77 bits per heavy atom. The van der Waals surface area contributed by atoms with Gasteiger partial charge in [0.25, 0.3) is 0 Å². The van der Waals surface area contributed by atoms with Gasteiger partial charge in [0.1, 0.15) is 0 Å². The molecule has 1 N–H and O–H groups in total. The first kappa shape index (κ1) is 21.1. The van der Waals surface area contributed by atoms with Crippen LogP contribution in [0.2, 0.25) is 0 Å². The number of nitrogens with zero attached hydrogens (tertiary/aromatic N) is 3. The summed E-state index contributed by atoms with van der Waals surface area (Å²) in [5, 5.41) is 14.8. The Labute approximate surface area is 175 Å². The number of para-hydroxylation sites is 1. The highest BCUT2D eigenvalue weighted by atomic mass is 16.6. The van der Waals surface area contributed by atoms with Crippen LogP contribution >= 0.6 is 0 Å². The maximum Gasteiger partial charge on any atom is 0.314 e. The second kappa shape index (κ2) is 9.76. The van der Waals surface area contributed by atoms with Crippen LogP contribution in [0.15, 0.2) is 66.9 Å². The molecule has 0 bridgehead atoms. The van der Waals surface area contributed by atoms with Gasteiger partial charge in [-0.05, 0) is 51.7 Å². The van der Waals surface area contributed by atoms with Crippen LogP contribution in [0.1, 0.15) is 27.9 Å². The minimum Gasteiger partial charge on any atom is -0.334 e. The molecule has 1 aromatic heterocycles.